The van der Waals surface area contributed by atoms with Gasteiger partial charge in [0.1, 0.15) is 0 Å². The van der Waals surface area contributed by atoms with E-state index in [2.05, 4.69) is 10.3 Å². The Bertz CT molecular complexity index is 352. The maximum absolute atomic E-state index is 5.75. The lowest BCUT2D eigenvalue weighted by atomic mass is 10.1. The van der Waals surface area contributed by atoms with Gasteiger partial charge in [-0.3, -0.25) is 4.99 Å². The van der Waals surface area contributed by atoms with E-state index < -0.39 is 0 Å². The molecule has 0 aromatic heterocycles. The first-order valence-corrected chi connectivity index (χ1v) is 5.21. The maximum Gasteiger partial charge on any atom is 0.193 e. The van der Waals surface area contributed by atoms with Crippen LogP contribution in [0.3, 0.4) is 0 Å². The predicted octanol–water partition coefficient (Wildman–Crippen LogP) is 2.46. The van der Waals surface area contributed by atoms with Crippen LogP contribution in [0.5, 0.6) is 0 Å². The summed E-state index contributed by atoms with van der Waals surface area (Å²) < 4.78 is 5.25. The van der Waals surface area contributed by atoms with Crippen molar-refractivity contribution in [3.8, 4) is 0 Å². The van der Waals surface area contributed by atoms with Crippen LogP contribution in [0.15, 0.2) is 35.3 Å². The standard InChI is InChI=1S/C12H19N3O.HI/c1-12(2,16-3)9-14-11(13)15-10-7-5-4-6-8-10;/h4-8H,9H2,1-3H3,(H3,13,14,15);1H. The molecule has 0 heterocycles. The summed E-state index contributed by atoms with van der Waals surface area (Å²) >= 11 is 0. The first kappa shape index (κ1) is 16.2. The number of hydrogen-bond donors (Lipinski definition) is 2. The molecule has 0 aliphatic rings. The molecule has 0 fully saturated rings. The Morgan fingerprint density at radius 1 is 1.35 bits per heavy atom. The molecule has 1 aromatic carbocycles. The Morgan fingerprint density at radius 3 is 2.47 bits per heavy atom. The van der Waals surface area contributed by atoms with Gasteiger partial charge in [-0.1, -0.05) is 18.2 Å². The summed E-state index contributed by atoms with van der Waals surface area (Å²) in [4.78, 5) is 4.22. The van der Waals surface area contributed by atoms with Crippen molar-refractivity contribution in [2.75, 3.05) is 19.0 Å². The van der Waals surface area contributed by atoms with E-state index in [4.69, 9.17) is 10.5 Å². The molecule has 0 saturated heterocycles. The topological polar surface area (TPSA) is 59.6 Å². The van der Waals surface area contributed by atoms with Gasteiger partial charge in [-0.25, -0.2) is 0 Å². The summed E-state index contributed by atoms with van der Waals surface area (Å²) in [7, 11) is 1.66. The fraction of sp³-hybridized carbons (Fsp3) is 0.417. The highest BCUT2D eigenvalue weighted by atomic mass is 127. The number of halogens is 1. The first-order valence-electron chi connectivity index (χ1n) is 5.21. The lowest BCUT2D eigenvalue weighted by Crippen LogP contribution is -2.30. The molecule has 0 unspecified atom stereocenters. The normalized spacial score (nSPS) is 11.8. The van der Waals surface area contributed by atoms with E-state index in [0.717, 1.165) is 5.69 Å². The number of rotatable bonds is 4. The zero-order valence-corrected chi connectivity index (χ0v) is 12.8. The summed E-state index contributed by atoms with van der Waals surface area (Å²) in [6.07, 6.45) is 0. The van der Waals surface area contributed by atoms with Gasteiger partial charge in [0, 0.05) is 12.8 Å². The van der Waals surface area contributed by atoms with Gasteiger partial charge in [0.25, 0.3) is 0 Å². The third kappa shape index (κ3) is 6.48. The maximum atomic E-state index is 5.75. The fourth-order valence-electron chi connectivity index (χ4n) is 1.05. The van der Waals surface area contributed by atoms with Crippen molar-refractivity contribution < 1.29 is 4.74 Å². The molecule has 0 aliphatic heterocycles. The molecule has 1 aromatic rings. The van der Waals surface area contributed by atoms with Crippen molar-refractivity contribution in [3.63, 3.8) is 0 Å². The van der Waals surface area contributed by atoms with Crippen LogP contribution >= 0.6 is 24.0 Å². The summed E-state index contributed by atoms with van der Waals surface area (Å²) in [6.45, 7) is 4.45. The van der Waals surface area contributed by atoms with E-state index in [9.17, 15) is 0 Å². The van der Waals surface area contributed by atoms with E-state index in [0.29, 0.717) is 12.5 Å². The quantitative estimate of drug-likeness (QED) is 0.499. The van der Waals surface area contributed by atoms with Gasteiger partial charge in [-0.05, 0) is 26.0 Å². The molecule has 0 atom stereocenters. The molecule has 0 aliphatic carbocycles. The zero-order valence-electron chi connectivity index (χ0n) is 10.4. The molecule has 1 rings (SSSR count). The molecular formula is C12H20IN3O. The van der Waals surface area contributed by atoms with Crippen LogP contribution in [0.25, 0.3) is 0 Å². The predicted molar refractivity (Wildman–Crippen MR) is 83.1 cm³/mol. The van der Waals surface area contributed by atoms with Crippen LogP contribution in [0, 0.1) is 0 Å². The van der Waals surface area contributed by atoms with E-state index in [1.165, 1.54) is 0 Å². The number of nitrogens with zero attached hydrogens (tertiary/aromatic N) is 1. The smallest absolute Gasteiger partial charge is 0.193 e. The SMILES string of the molecule is COC(C)(C)CN=C(N)Nc1ccccc1.I. The van der Waals surface area contributed by atoms with Gasteiger partial charge in [0.05, 0.1) is 12.1 Å². The second-order valence-electron chi connectivity index (χ2n) is 4.16. The Hall–Kier alpha value is -0.820. The fourth-order valence-corrected chi connectivity index (χ4v) is 1.05. The summed E-state index contributed by atoms with van der Waals surface area (Å²) in [5.41, 5.74) is 6.39. The third-order valence-corrected chi connectivity index (χ3v) is 2.23. The molecule has 4 nitrogen and oxygen atoms in total. The van der Waals surface area contributed by atoms with Crippen molar-refractivity contribution in [1.29, 1.82) is 0 Å². The van der Waals surface area contributed by atoms with Crippen LogP contribution in [0.2, 0.25) is 0 Å². The first-order chi connectivity index (χ1) is 7.53. The largest absolute Gasteiger partial charge is 0.377 e. The number of nitrogens with two attached hydrogens (primary N) is 1. The van der Waals surface area contributed by atoms with Gasteiger partial charge in [0.15, 0.2) is 5.96 Å². The molecular weight excluding hydrogens is 329 g/mol. The number of aliphatic imine (C=N–C) groups is 1. The van der Waals surface area contributed by atoms with E-state index >= 15 is 0 Å². The van der Waals surface area contributed by atoms with Gasteiger partial charge < -0.3 is 15.8 Å². The van der Waals surface area contributed by atoms with Crippen LogP contribution in [-0.2, 0) is 4.74 Å². The Kier molecular flexibility index (Phi) is 7.13. The van der Waals surface area contributed by atoms with Gasteiger partial charge in [-0.2, -0.15) is 0 Å². The minimum Gasteiger partial charge on any atom is -0.377 e. The van der Waals surface area contributed by atoms with Crippen molar-refractivity contribution in [2.24, 2.45) is 10.7 Å². The highest BCUT2D eigenvalue weighted by Crippen LogP contribution is 2.08. The zero-order chi connectivity index (χ0) is 12.0. The van der Waals surface area contributed by atoms with Crippen molar-refractivity contribution in [1.82, 2.24) is 0 Å². The molecule has 17 heavy (non-hydrogen) atoms. The number of ether oxygens (including phenoxy) is 1. The number of nitrogens with one attached hydrogen (secondary N) is 1. The van der Waals surface area contributed by atoms with Crippen molar-refractivity contribution in [2.45, 2.75) is 19.4 Å². The second-order valence-corrected chi connectivity index (χ2v) is 4.16. The number of guanidine groups is 1. The van der Waals surface area contributed by atoms with Gasteiger partial charge in [0.2, 0.25) is 0 Å². The number of methoxy groups -OCH3 is 1. The van der Waals surface area contributed by atoms with Crippen molar-refractivity contribution in [3.05, 3.63) is 30.3 Å². The Labute approximate surface area is 120 Å². The molecule has 96 valence electrons. The van der Waals surface area contributed by atoms with E-state index in [1.807, 2.05) is 44.2 Å². The Balaban J connectivity index is 0.00000256. The van der Waals surface area contributed by atoms with Gasteiger partial charge in [-0.15, -0.1) is 24.0 Å². The number of benzene rings is 1. The molecule has 0 radical (unpaired) electrons. The average Bonchev–Trinajstić information content (AvgIpc) is 2.28. The highest BCUT2D eigenvalue weighted by Gasteiger charge is 2.15. The number of anilines is 1. The monoisotopic (exact) mass is 349 g/mol. The molecule has 0 amide bonds. The minimum absolute atomic E-state index is 0. The van der Waals surface area contributed by atoms with Crippen LogP contribution in [0.4, 0.5) is 5.69 Å². The summed E-state index contributed by atoms with van der Waals surface area (Å²) in [5.74, 6) is 0.399. The molecule has 0 spiro atoms. The summed E-state index contributed by atoms with van der Waals surface area (Å²) in [6, 6.07) is 9.70. The molecule has 0 bridgehead atoms. The lowest BCUT2D eigenvalue weighted by molar-refractivity contribution is 0.0312. The van der Waals surface area contributed by atoms with Gasteiger partial charge >= 0.3 is 0 Å². The van der Waals surface area contributed by atoms with E-state index in [1.54, 1.807) is 7.11 Å². The molecule has 5 heteroatoms. The number of hydrogen-bond acceptors (Lipinski definition) is 2. The minimum atomic E-state index is -0.289. The van der Waals surface area contributed by atoms with E-state index in [-0.39, 0.29) is 29.6 Å². The van der Waals surface area contributed by atoms with Crippen LogP contribution in [0.1, 0.15) is 13.8 Å². The van der Waals surface area contributed by atoms with Crippen LogP contribution < -0.4 is 11.1 Å². The average molecular weight is 349 g/mol. The van der Waals surface area contributed by atoms with Crippen molar-refractivity contribution >= 4 is 35.6 Å². The highest BCUT2D eigenvalue weighted by molar-refractivity contribution is 14.0. The Morgan fingerprint density at radius 2 is 1.94 bits per heavy atom. The lowest BCUT2D eigenvalue weighted by Gasteiger charge is -2.20. The molecule has 3 N–H and O–H groups in total. The molecule has 0 saturated carbocycles. The summed E-state index contributed by atoms with van der Waals surface area (Å²) in [5, 5.41) is 3.01. The van der Waals surface area contributed by atoms with Crippen LogP contribution in [-0.4, -0.2) is 25.2 Å². The third-order valence-electron chi connectivity index (χ3n) is 2.23. The second kappa shape index (κ2) is 7.50. The number of para-hydroxylation sites is 1.